The van der Waals surface area contributed by atoms with E-state index in [0.29, 0.717) is 13.0 Å². The Balaban J connectivity index is 2.33. The van der Waals surface area contributed by atoms with E-state index in [4.69, 9.17) is 10.00 Å². The zero-order chi connectivity index (χ0) is 10.2. The van der Waals surface area contributed by atoms with Crippen LogP contribution in [0, 0.1) is 11.3 Å². The SMILES string of the molecule is N#CCCCOc1ccc(CBr)cc1. The van der Waals surface area contributed by atoms with Crippen molar-refractivity contribution in [1.82, 2.24) is 0 Å². The third kappa shape index (κ3) is 3.80. The smallest absolute Gasteiger partial charge is 0.119 e. The summed E-state index contributed by atoms with van der Waals surface area (Å²) in [7, 11) is 0. The molecule has 0 aromatic heterocycles. The molecule has 0 spiro atoms. The minimum atomic E-state index is 0.555. The number of benzene rings is 1. The zero-order valence-corrected chi connectivity index (χ0v) is 9.46. The molecule has 0 N–H and O–H groups in total. The first-order valence-electron chi connectivity index (χ1n) is 4.51. The van der Waals surface area contributed by atoms with E-state index in [9.17, 15) is 0 Å². The van der Waals surface area contributed by atoms with E-state index in [1.54, 1.807) is 0 Å². The molecule has 0 aliphatic rings. The maximum Gasteiger partial charge on any atom is 0.119 e. The van der Waals surface area contributed by atoms with Gasteiger partial charge in [0.05, 0.1) is 12.7 Å². The Morgan fingerprint density at radius 1 is 1.29 bits per heavy atom. The summed E-state index contributed by atoms with van der Waals surface area (Å²) in [5, 5.41) is 9.18. The first-order chi connectivity index (χ1) is 6.86. The van der Waals surface area contributed by atoms with Crippen LogP contribution in [0.25, 0.3) is 0 Å². The molecular weight excluding hydrogens is 242 g/mol. The molecular formula is C11H12BrNO. The van der Waals surface area contributed by atoms with Gasteiger partial charge in [0.25, 0.3) is 0 Å². The van der Waals surface area contributed by atoms with Gasteiger partial charge in [0.2, 0.25) is 0 Å². The number of ether oxygens (including phenoxy) is 1. The van der Waals surface area contributed by atoms with Crippen LogP contribution in [-0.4, -0.2) is 6.61 Å². The Morgan fingerprint density at radius 3 is 2.57 bits per heavy atom. The fraction of sp³-hybridized carbons (Fsp3) is 0.364. The van der Waals surface area contributed by atoms with Gasteiger partial charge in [-0.15, -0.1) is 0 Å². The summed E-state index contributed by atoms with van der Waals surface area (Å²) < 4.78 is 5.44. The first-order valence-corrected chi connectivity index (χ1v) is 5.63. The van der Waals surface area contributed by atoms with E-state index in [2.05, 4.69) is 22.0 Å². The molecule has 74 valence electrons. The van der Waals surface area contributed by atoms with Crippen LogP contribution in [0.4, 0.5) is 0 Å². The Bertz CT molecular complexity index is 302. The molecule has 0 amide bonds. The van der Waals surface area contributed by atoms with Crippen LogP contribution in [0.3, 0.4) is 0 Å². The van der Waals surface area contributed by atoms with Crippen molar-refractivity contribution in [1.29, 1.82) is 5.26 Å². The van der Waals surface area contributed by atoms with E-state index in [1.807, 2.05) is 24.3 Å². The van der Waals surface area contributed by atoms with Crippen molar-refractivity contribution in [2.45, 2.75) is 18.2 Å². The normalized spacial score (nSPS) is 9.43. The number of nitriles is 1. The number of alkyl halides is 1. The van der Waals surface area contributed by atoms with Gasteiger partial charge in [0, 0.05) is 11.8 Å². The lowest BCUT2D eigenvalue weighted by molar-refractivity contribution is 0.312. The number of nitrogens with zero attached hydrogens (tertiary/aromatic N) is 1. The minimum Gasteiger partial charge on any atom is -0.494 e. The van der Waals surface area contributed by atoms with E-state index >= 15 is 0 Å². The van der Waals surface area contributed by atoms with E-state index in [1.165, 1.54) is 5.56 Å². The van der Waals surface area contributed by atoms with Crippen LogP contribution in [0.1, 0.15) is 18.4 Å². The largest absolute Gasteiger partial charge is 0.494 e. The van der Waals surface area contributed by atoms with Crippen molar-refractivity contribution in [3.05, 3.63) is 29.8 Å². The van der Waals surface area contributed by atoms with Gasteiger partial charge in [-0.05, 0) is 24.1 Å². The van der Waals surface area contributed by atoms with Crippen molar-refractivity contribution in [3.63, 3.8) is 0 Å². The van der Waals surface area contributed by atoms with Gasteiger partial charge in [-0.3, -0.25) is 0 Å². The molecule has 1 aromatic carbocycles. The van der Waals surface area contributed by atoms with Crippen LogP contribution in [0.2, 0.25) is 0 Å². The molecule has 0 saturated carbocycles. The second-order valence-electron chi connectivity index (χ2n) is 2.89. The maximum absolute atomic E-state index is 8.32. The molecule has 14 heavy (non-hydrogen) atoms. The Kier molecular flexibility index (Phi) is 5.09. The van der Waals surface area contributed by atoms with Gasteiger partial charge in [-0.2, -0.15) is 5.26 Å². The lowest BCUT2D eigenvalue weighted by Crippen LogP contribution is -1.96. The molecule has 0 radical (unpaired) electrons. The summed E-state index contributed by atoms with van der Waals surface area (Å²) in [6, 6.07) is 10.0. The standard InChI is InChI=1S/C11H12BrNO/c12-9-10-3-5-11(6-4-10)14-8-2-1-7-13/h3-6H,1-2,8-9H2. The molecule has 0 heterocycles. The zero-order valence-electron chi connectivity index (χ0n) is 7.87. The third-order valence-electron chi connectivity index (χ3n) is 1.78. The van der Waals surface area contributed by atoms with Crippen molar-refractivity contribution in [2.75, 3.05) is 6.61 Å². The highest BCUT2D eigenvalue weighted by molar-refractivity contribution is 9.08. The fourth-order valence-electron chi connectivity index (χ4n) is 1.02. The summed E-state index contributed by atoms with van der Waals surface area (Å²) in [6.45, 7) is 0.612. The number of rotatable bonds is 5. The second-order valence-corrected chi connectivity index (χ2v) is 3.45. The van der Waals surface area contributed by atoms with Gasteiger partial charge in [0.1, 0.15) is 5.75 Å². The second kappa shape index (κ2) is 6.44. The Morgan fingerprint density at radius 2 is 2.00 bits per heavy atom. The van der Waals surface area contributed by atoms with Gasteiger partial charge < -0.3 is 4.74 Å². The quantitative estimate of drug-likeness (QED) is 0.596. The van der Waals surface area contributed by atoms with Crippen LogP contribution < -0.4 is 4.74 Å². The molecule has 0 atom stereocenters. The summed E-state index contributed by atoms with van der Waals surface area (Å²) in [6.07, 6.45) is 1.34. The van der Waals surface area contributed by atoms with Gasteiger partial charge >= 0.3 is 0 Å². The topological polar surface area (TPSA) is 33.0 Å². The molecule has 1 rings (SSSR count). The molecule has 0 bridgehead atoms. The van der Waals surface area contributed by atoms with Gasteiger partial charge in [-0.25, -0.2) is 0 Å². The number of hydrogen-bond donors (Lipinski definition) is 0. The van der Waals surface area contributed by atoms with Gasteiger partial charge in [-0.1, -0.05) is 28.1 Å². The molecule has 3 heteroatoms. The summed E-state index contributed by atoms with van der Waals surface area (Å²) in [5.74, 6) is 0.868. The predicted octanol–water partition coefficient (Wildman–Crippen LogP) is 3.26. The van der Waals surface area contributed by atoms with Crippen LogP contribution in [-0.2, 0) is 5.33 Å². The average Bonchev–Trinajstić information content (AvgIpc) is 2.25. The summed E-state index contributed by atoms with van der Waals surface area (Å²) >= 11 is 3.38. The third-order valence-corrected chi connectivity index (χ3v) is 2.43. The lowest BCUT2D eigenvalue weighted by Gasteiger charge is -2.04. The number of halogens is 1. The monoisotopic (exact) mass is 253 g/mol. The van der Waals surface area contributed by atoms with Gasteiger partial charge in [0.15, 0.2) is 0 Å². The van der Waals surface area contributed by atoms with E-state index < -0.39 is 0 Å². The fourth-order valence-corrected chi connectivity index (χ4v) is 1.39. The molecule has 0 fully saturated rings. The van der Waals surface area contributed by atoms with Crippen molar-refractivity contribution in [3.8, 4) is 11.8 Å². The molecule has 0 unspecified atom stereocenters. The lowest BCUT2D eigenvalue weighted by atomic mass is 10.2. The summed E-state index contributed by atoms with van der Waals surface area (Å²) in [4.78, 5) is 0. The highest BCUT2D eigenvalue weighted by Crippen LogP contribution is 2.14. The highest BCUT2D eigenvalue weighted by Gasteiger charge is 1.94. The number of unbranched alkanes of at least 4 members (excludes halogenated alkanes) is 1. The van der Waals surface area contributed by atoms with Crippen LogP contribution in [0.5, 0.6) is 5.75 Å². The average molecular weight is 254 g/mol. The molecule has 1 aromatic rings. The van der Waals surface area contributed by atoms with Crippen molar-refractivity contribution >= 4 is 15.9 Å². The highest BCUT2D eigenvalue weighted by atomic mass is 79.9. The summed E-state index contributed by atoms with van der Waals surface area (Å²) in [5.41, 5.74) is 1.23. The van der Waals surface area contributed by atoms with Crippen molar-refractivity contribution < 1.29 is 4.74 Å². The molecule has 2 nitrogen and oxygen atoms in total. The molecule has 0 aliphatic heterocycles. The Hall–Kier alpha value is -1.01. The van der Waals surface area contributed by atoms with E-state index in [0.717, 1.165) is 17.5 Å². The maximum atomic E-state index is 8.32. The Labute approximate surface area is 92.6 Å². The van der Waals surface area contributed by atoms with Crippen LogP contribution >= 0.6 is 15.9 Å². The molecule has 0 aliphatic carbocycles. The van der Waals surface area contributed by atoms with Crippen molar-refractivity contribution in [2.24, 2.45) is 0 Å². The first kappa shape index (κ1) is 11.1. The predicted molar refractivity (Wildman–Crippen MR) is 59.4 cm³/mol. The van der Waals surface area contributed by atoms with E-state index in [-0.39, 0.29) is 0 Å². The number of hydrogen-bond acceptors (Lipinski definition) is 2. The van der Waals surface area contributed by atoms with Crippen LogP contribution in [0.15, 0.2) is 24.3 Å². The molecule has 0 saturated heterocycles. The minimum absolute atomic E-state index is 0.555.